The Morgan fingerprint density at radius 3 is 3.00 bits per heavy atom. The second-order valence-electron chi connectivity index (χ2n) is 4.96. The molecule has 4 heteroatoms. The predicted molar refractivity (Wildman–Crippen MR) is 66.5 cm³/mol. The number of hydrogen-bond acceptors (Lipinski definition) is 3. The molecule has 2 heterocycles. The summed E-state index contributed by atoms with van der Waals surface area (Å²) in [5.74, 6) is 0.148. The summed E-state index contributed by atoms with van der Waals surface area (Å²) in [6, 6.07) is 3.98. The van der Waals surface area contributed by atoms with E-state index in [4.69, 9.17) is 0 Å². The molecule has 0 bridgehead atoms. The lowest BCUT2D eigenvalue weighted by atomic mass is 10.00. The summed E-state index contributed by atoms with van der Waals surface area (Å²) in [5.41, 5.74) is 1.79. The van der Waals surface area contributed by atoms with Gasteiger partial charge in [-0.05, 0) is 32.5 Å². The number of pyridine rings is 1. The second kappa shape index (κ2) is 4.45. The summed E-state index contributed by atoms with van der Waals surface area (Å²) in [7, 11) is 1.82. The summed E-state index contributed by atoms with van der Waals surface area (Å²) >= 11 is 0. The first-order valence-electron chi connectivity index (χ1n) is 5.95. The minimum absolute atomic E-state index is 0.148. The lowest BCUT2D eigenvalue weighted by molar-refractivity contribution is -0.137. The zero-order valence-electron chi connectivity index (χ0n) is 10.7. The minimum atomic E-state index is -0.500. The Morgan fingerprint density at radius 1 is 1.53 bits per heavy atom. The molecular formula is C13H19N3O. The highest BCUT2D eigenvalue weighted by Gasteiger charge is 2.32. The van der Waals surface area contributed by atoms with Gasteiger partial charge in [0.1, 0.15) is 0 Å². The Morgan fingerprint density at radius 2 is 2.29 bits per heavy atom. The van der Waals surface area contributed by atoms with Gasteiger partial charge >= 0.3 is 0 Å². The number of carbonyl (C=O) groups excluding carboxylic acids is 1. The molecule has 0 aromatic carbocycles. The third kappa shape index (κ3) is 2.31. The Labute approximate surface area is 102 Å². The van der Waals surface area contributed by atoms with Gasteiger partial charge in [0, 0.05) is 31.4 Å². The van der Waals surface area contributed by atoms with Crippen LogP contribution in [0.4, 0.5) is 0 Å². The third-order valence-electron chi connectivity index (χ3n) is 3.41. The fraction of sp³-hybridized carbons (Fsp3) is 0.538. The van der Waals surface area contributed by atoms with Crippen LogP contribution in [0.2, 0.25) is 0 Å². The number of carbonyl (C=O) groups is 1. The van der Waals surface area contributed by atoms with E-state index >= 15 is 0 Å². The lowest BCUT2D eigenvalue weighted by Crippen LogP contribution is -2.53. The van der Waals surface area contributed by atoms with Crippen molar-refractivity contribution in [2.45, 2.75) is 32.4 Å². The fourth-order valence-electron chi connectivity index (χ4n) is 2.04. The zero-order chi connectivity index (χ0) is 12.5. The van der Waals surface area contributed by atoms with Crippen LogP contribution in [-0.2, 0) is 17.8 Å². The van der Waals surface area contributed by atoms with E-state index in [9.17, 15) is 4.79 Å². The Kier molecular flexibility index (Phi) is 3.15. The molecule has 17 heavy (non-hydrogen) atoms. The van der Waals surface area contributed by atoms with E-state index in [-0.39, 0.29) is 5.91 Å². The maximum atomic E-state index is 12.3. The third-order valence-corrected chi connectivity index (χ3v) is 3.41. The van der Waals surface area contributed by atoms with Gasteiger partial charge in [0.25, 0.3) is 0 Å². The molecule has 0 fully saturated rings. The van der Waals surface area contributed by atoms with Crippen LogP contribution in [0.15, 0.2) is 18.3 Å². The normalized spacial score (nSPS) is 15.6. The van der Waals surface area contributed by atoms with Gasteiger partial charge < -0.3 is 10.2 Å². The van der Waals surface area contributed by atoms with E-state index in [2.05, 4.69) is 10.3 Å². The topological polar surface area (TPSA) is 45.2 Å². The minimum Gasteiger partial charge on any atom is -0.336 e. The molecule has 1 amide bonds. The van der Waals surface area contributed by atoms with Gasteiger partial charge in [-0.1, -0.05) is 6.07 Å². The van der Waals surface area contributed by atoms with E-state index in [1.54, 1.807) is 0 Å². The SMILES string of the molecule is CNC(C)(C)C(=O)N1CCc2ncccc2C1. The van der Waals surface area contributed by atoms with Gasteiger partial charge in [0.15, 0.2) is 0 Å². The van der Waals surface area contributed by atoms with Crippen molar-refractivity contribution in [3.63, 3.8) is 0 Å². The van der Waals surface area contributed by atoms with Crippen LogP contribution in [0, 0.1) is 0 Å². The Bertz CT molecular complexity index is 428. The number of nitrogens with one attached hydrogen (secondary N) is 1. The number of aromatic nitrogens is 1. The van der Waals surface area contributed by atoms with Crippen LogP contribution in [0.25, 0.3) is 0 Å². The van der Waals surface area contributed by atoms with Crippen molar-refractivity contribution < 1.29 is 4.79 Å². The average Bonchev–Trinajstić information content (AvgIpc) is 2.37. The summed E-state index contributed by atoms with van der Waals surface area (Å²) in [5, 5.41) is 3.06. The highest BCUT2D eigenvalue weighted by atomic mass is 16.2. The number of hydrogen-bond donors (Lipinski definition) is 1. The van der Waals surface area contributed by atoms with E-state index < -0.39 is 5.54 Å². The first kappa shape index (κ1) is 12.0. The number of likely N-dealkylation sites (N-methyl/N-ethyl adjacent to an activating group) is 1. The number of nitrogens with zero attached hydrogens (tertiary/aromatic N) is 2. The second-order valence-corrected chi connectivity index (χ2v) is 4.96. The van der Waals surface area contributed by atoms with E-state index in [1.165, 1.54) is 5.56 Å². The van der Waals surface area contributed by atoms with Crippen molar-refractivity contribution in [3.05, 3.63) is 29.6 Å². The molecule has 0 radical (unpaired) electrons. The van der Waals surface area contributed by atoms with Crippen molar-refractivity contribution in [2.75, 3.05) is 13.6 Å². The van der Waals surface area contributed by atoms with Crippen molar-refractivity contribution in [2.24, 2.45) is 0 Å². The molecule has 0 unspecified atom stereocenters. The maximum absolute atomic E-state index is 12.3. The van der Waals surface area contributed by atoms with Crippen LogP contribution in [0.3, 0.4) is 0 Å². The van der Waals surface area contributed by atoms with Crippen molar-refractivity contribution >= 4 is 5.91 Å². The zero-order valence-corrected chi connectivity index (χ0v) is 10.7. The van der Waals surface area contributed by atoms with Gasteiger partial charge in [0.2, 0.25) is 5.91 Å². The molecule has 4 nitrogen and oxygen atoms in total. The van der Waals surface area contributed by atoms with Crippen LogP contribution in [-0.4, -0.2) is 34.9 Å². The number of amides is 1. The predicted octanol–water partition coefficient (Wildman–Crippen LogP) is 0.964. The Balaban J connectivity index is 2.15. The van der Waals surface area contributed by atoms with E-state index in [0.717, 1.165) is 18.7 Å². The van der Waals surface area contributed by atoms with Gasteiger partial charge in [-0.25, -0.2) is 0 Å². The number of fused-ring (bicyclic) bond motifs is 1. The molecular weight excluding hydrogens is 214 g/mol. The molecule has 1 aliphatic rings. The summed E-state index contributed by atoms with van der Waals surface area (Å²) < 4.78 is 0. The van der Waals surface area contributed by atoms with Crippen molar-refractivity contribution in [1.82, 2.24) is 15.2 Å². The molecule has 0 saturated heterocycles. The summed E-state index contributed by atoms with van der Waals surface area (Å²) in [4.78, 5) is 18.5. The van der Waals surface area contributed by atoms with E-state index in [1.807, 2.05) is 44.1 Å². The molecule has 0 saturated carbocycles. The monoisotopic (exact) mass is 233 g/mol. The standard InChI is InChI=1S/C13H19N3O/c1-13(2,14-3)12(17)16-8-6-11-10(9-16)5-4-7-15-11/h4-5,7,14H,6,8-9H2,1-3H3. The molecule has 1 aromatic rings. The van der Waals surface area contributed by atoms with Gasteiger partial charge in [-0.3, -0.25) is 9.78 Å². The molecule has 1 N–H and O–H groups in total. The molecule has 0 atom stereocenters. The van der Waals surface area contributed by atoms with Crippen molar-refractivity contribution in [3.8, 4) is 0 Å². The van der Waals surface area contributed by atoms with Gasteiger partial charge in [0.05, 0.1) is 5.54 Å². The molecule has 92 valence electrons. The van der Waals surface area contributed by atoms with Gasteiger partial charge in [-0.2, -0.15) is 0 Å². The average molecular weight is 233 g/mol. The van der Waals surface area contributed by atoms with Crippen LogP contribution >= 0.6 is 0 Å². The van der Waals surface area contributed by atoms with Gasteiger partial charge in [-0.15, -0.1) is 0 Å². The molecule has 0 spiro atoms. The molecule has 0 aliphatic carbocycles. The fourth-order valence-corrected chi connectivity index (χ4v) is 2.04. The molecule has 1 aliphatic heterocycles. The quantitative estimate of drug-likeness (QED) is 0.827. The Hall–Kier alpha value is -1.42. The van der Waals surface area contributed by atoms with Crippen molar-refractivity contribution in [1.29, 1.82) is 0 Å². The van der Waals surface area contributed by atoms with Crippen LogP contribution in [0.5, 0.6) is 0 Å². The molecule has 2 rings (SSSR count). The summed E-state index contributed by atoms with van der Waals surface area (Å²) in [6.45, 7) is 5.25. The maximum Gasteiger partial charge on any atom is 0.242 e. The first-order chi connectivity index (χ1) is 8.04. The molecule has 1 aromatic heterocycles. The highest BCUT2D eigenvalue weighted by Crippen LogP contribution is 2.19. The first-order valence-corrected chi connectivity index (χ1v) is 5.95. The lowest BCUT2D eigenvalue weighted by Gasteiger charge is -2.34. The summed E-state index contributed by atoms with van der Waals surface area (Å²) in [6.07, 6.45) is 2.66. The van der Waals surface area contributed by atoms with Crippen LogP contribution in [0.1, 0.15) is 25.1 Å². The van der Waals surface area contributed by atoms with E-state index in [0.29, 0.717) is 6.54 Å². The highest BCUT2D eigenvalue weighted by molar-refractivity contribution is 5.85. The largest absolute Gasteiger partial charge is 0.336 e. The van der Waals surface area contributed by atoms with Crippen LogP contribution < -0.4 is 5.32 Å². The number of rotatable bonds is 2. The smallest absolute Gasteiger partial charge is 0.242 e.